The van der Waals surface area contributed by atoms with Crippen molar-refractivity contribution in [2.24, 2.45) is 0 Å². The summed E-state index contributed by atoms with van der Waals surface area (Å²) in [5, 5.41) is 2.86. The van der Waals surface area contributed by atoms with Crippen LogP contribution >= 0.6 is 0 Å². The van der Waals surface area contributed by atoms with Gasteiger partial charge < -0.3 is 10.1 Å². The van der Waals surface area contributed by atoms with Crippen molar-refractivity contribution in [3.05, 3.63) is 59.2 Å². The zero-order valence-electron chi connectivity index (χ0n) is 14.3. The number of nitrogens with one attached hydrogen (secondary N) is 1. The van der Waals surface area contributed by atoms with Crippen LogP contribution in [0.15, 0.2) is 42.5 Å². The Bertz CT molecular complexity index is 642. The van der Waals surface area contributed by atoms with Crippen LogP contribution in [-0.4, -0.2) is 12.5 Å². The van der Waals surface area contributed by atoms with Crippen molar-refractivity contribution in [2.45, 2.75) is 40.0 Å². The molecule has 122 valence electrons. The number of hydrogen-bond donors (Lipinski definition) is 1. The first-order valence-electron chi connectivity index (χ1n) is 8.09. The minimum absolute atomic E-state index is 0.00993. The molecule has 2 aromatic rings. The van der Waals surface area contributed by atoms with E-state index in [2.05, 4.69) is 37.4 Å². The number of hydrogen-bond acceptors (Lipinski definition) is 2. The van der Waals surface area contributed by atoms with E-state index in [-0.39, 0.29) is 12.5 Å². The van der Waals surface area contributed by atoms with E-state index < -0.39 is 0 Å². The van der Waals surface area contributed by atoms with Gasteiger partial charge in [0.05, 0.1) is 0 Å². The quantitative estimate of drug-likeness (QED) is 0.829. The van der Waals surface area contributed by atoms with Gasteiger partial charge in [-0.15, -0.1) is 0 Å². The van der Waals surface area contributed by atoms with Gasteiger partial charge in [-0.25, -0.2) is 0 Å². The lowest BCUT2D eigenvalue weighted by Crippen LogP contribution is -2.20. The summed E-state index contributed by atoms with van der Waals surface area (Å²) in [5.74, 6) is 1.11. The molecule has 2 rings (SSSR count). The Balaban J connectivity index is 1.89. The maximum Gasteiger partial charge on any atom is 0.262 e. The molecule has 0 aliphatic rings. The Hall–Kier alpha value is -2.29. The predicted molar refractivity (Wildman–Crippen MR) is 95.2 cm³/mol. The van der Waals surface area contributed by atoms with Crippen molar-refractivity contribution in [2.75, 3.05) is 11.9 Å². The molecule has 3 heteroatoms. The summed E-state index contributed by atoms with van der Waals surface area (Å²) in [4.78, 5) is 12.0. The van der Waals surface area contributed by atoms with Crippen LogP contribution in [0.25, 0.3) is 0 Å². The first kappa shape index (κ1) is 17.1. The molecule has 0 heterocycles. The Morgan fingerprint density at radius 2 is 1.70 bits per heavy atom. The van der Waals surface area contributed by atoms with Crippen LogP contribution < -0.4 is 10.1 Å². The molecule has 0 saturated heterocycles. The number of anilines is 1. The maximum atomic E-state index is 12.0. The van der Waals surface area contributed by atoms with Crippen molar-refractivity contribution in [1.29, 1.82) is 0 Å². The molecular formula is C20H25NO2. The fourth-order valence-corrected chi connectivity index (χ4v) is 2.49. The monoisotopic (exact) mass is 311 g/mol. The standard InChI is InChI=1S/C20H25NO2/c1-5-16(4)17-6-8-18(9-7-17)21-20(22)13-23-19-11-14(2)10-15(3)12-19/h6-12,16H,5,13H2,1-4H3,(H,21,22)/t16-/m1/s1. The maximum absolute atomic E-state index is 12.0. The average molecular weight is 311 g/mol. The largest absolute Gasteiger partial charge is 0.484 e. The molecule has 1 amide bonds. The molecular weight excluding hydrogens is 286 g/mol. The van der Waals surface area contributed by atoms with Crippen molar-refractivity contribution >= 4 is 11.6 Å². The molecule has 0 unspecified atom stereocenters. The molecule has 0 saturated carbocycles. The van der Waals surface area contributed by atoms with Gasteiger partial charge in [-0.2, -0.15) is 0 Å². The molecule has 0 bridgehead atoms. The van der Waals surface area contributed by atoms with Crippen molar-refractivity contribution < 1.29 is 9.53 Å². The van der Waals surface area contributed by atoms with Crippen LogP contribution in [-0.2, 0) is 4.79 Å². The SMILES string of the molecule is CC[C@@H](C)c1ccc(NC(=O)COc2cc(C)cc(C)c2)cc1. The second-order valence-electron chi connectivity index (χ2n) is 6.09. The van der Waals surface area contributed by atoms with Crippen LogP contribution in [0.1, 0.15) is 42.9 Å². The Labute approximate surface area is 138 Å². The minimum atomic E-state index is -0.152. The first-order valence-corrected chi connectivity index (χ1v) is 8.09. The third kappa shape index (κ3) is 5.13. The predicted octanol–water partition coefficient (Wildman–Crippen LogP) is 4.83. The van der Waals surface area contributed by atoms with Gasteiger partial charge in [-0.1, -0.05) is 32.0 Å². The summed E-state index contributed by atoms with van der Waals surface area (Å²) in [6, 6.07) is 13.9. The van der Waals surface area contributed by atoms with Gasteiger partial charge >= 0.3 is 0 Å². The lowest BCUT2D eigenvalue weighted by atomic mass is 9.99. The number of benzene rings is 2. The van der Waals surface area contributed by atoms with Crippen LogP contribution in [0.4, 0.5) is 5.69 Å². The fourth-order valence-electron chi connectivity index (χ4n) is 2.49. The smallest absolute Gasteiger partial charge is 0.262 e. The number of amides is 1. The van der Waals surface area contributed by atoms with Gasteiger partial charge in [0.1, 0.15) is 5.75 Å². The Morgan fingerprint density at radius 3 is 2.26 bits per heavy atom. The zero-order chi connectivity index (χ0) is 16.8. The highest BCUT2D eigenvalue weighted by atomic mass is 16.5. The van der Waals surface area contributed by atoms with Gasteiger partial charge in [0.15, 0.2) is 6.61 Å². The van der Waals surface area contributed by atoms with Gasteiger partial charge in [0.25, 0.3) is 5.91 Å². The third-order valence-corrected chi connectivity index (χ3v) is 3.94. The molecule has 0 fully saturated rings. The number of rotatable bonds is 6. The molecule has 0 spiro atoms. The summed E-state index contributed by atoms with van der Waals surface area (Å²) >= 11 is 0. The van der Waals surface area contributed by atoms with E-state index in [1.807, 2.05) is 38.1 Å². The van der Waals surface area contributed by atoms with Crippen LogP contribution in [0, 0.1) is 13.8 Å². The Kier molecular flexibility index (Phi) is 5.80. The third-order valence-electron chi connectivity index (χ3n) is 3.94. The topological polar surface area (TPSA) is 38.3 Å². The van der Waals surface area contributed by atoms with Crippen LogP contribution in [0.5, 0.6) is 5.75 Å². The zero-order valence-corrected chi connectivity index (χ0v) is 14.3. The lowest BCUT2D eigenvalue weighted by Gasteiger charge is -2.11. The van der Waals surface area contributed by atoms with Crippen molar-refractivity contribution in [1.82, 2.24) is 0 Å². The highest BCUT2D eigenvalue weighted by Crippen LogP contribution is 2.20. The molecule has 0 aliphatic carbocycles. The average Bonchev–Trinajstić information content (AvgIpc) is 2.52. The first-order chi connectivity index (χ1) is 11.0. The van der Waals surface area contributed by atoms with Gasteiger partial charge in [-0.05, 0) is 67.1 Å². The molecule has 1 atom stereocenters. The molecule has 0 radical (unpaired) electrons. The van der Waals surface area contributed by atoms with E-state index >= 15 is 0 Å². The molecule has 0 aliphatic heterocycles. The van der Waals surface area contributed by atoms with Crippen molar-refractivity contribution in [3.8, 4) is 5.75 Å². The highest BCUT2D eigenvalue weighted by molar-refractivity contribution is 5.91. The molecule has 1 N–H and O–H groups in total. The highest BCUT2D eigenvalue weighted by Gasteiger charge is 2.06. The fraction of sp³-hybridized carbons (Fsp3) is 0.350. The van der Waals surface area contributed by atoms with E-state index in [1.54, 1.807) is 0 Å². The number of aryl methyl sites for hydroxylation is 2. The van der Waals surface area contributed by atoms with Gasteiger partial charge in [-0.3, -0.25) is 4.79 Å². The molecule has 0 aromatic heterocycles. The number of carbonyl (C=O) groups excluding carboxylic acids is 1. The van der Waals surface area contributed by atoms with Crippen LogP contribution in [0.3, 0.4) is 0 Å². The van der Waals surface area contributed by atoms with E-state index in [4.69, 9.17) is 4.74 Å². The summed E-state index contributed by atoms with van der Waals surface area (Å²) in [5.41, 5.74) is 4.34. The van der Waals surface area contributed by atoms with Gasteiger partial charge in [0, 0.05) is 5.69 Å². The van der Waals surface area contributed by atoms with E-state index in [1.165, 1.54) is 5.56 Å². The second-order valence-corrected chi connectivity index (χ2v) is 6.09. The van der Waals surface area contributed by atoms with Gasteiger partial charge in [0.2, 0.25) is 0 Å². The normalized spacial score (nSPS) is 11.8. The second kappa shape index (κ2) is 7.82. The van der Waals surface area contributed by atoms with E-state index in [0.29, 0.717) is 5.92 Å². The Morgan fingerprint density at radius 1 is 1.09 bits per heavy atom. The summed E-state index contributed by atoms with van der Waals surface area (Å²) in [6.07, 6.45) is 1.11. The van der Waals surface area contributed by atoms with E-state index in [0.717, 1.165) is 29.0 Å². The minimum Gasteiger partial charge on any atom is -0.484 e. The molecule has 23 heavy (non-hydrogen) atoms. The number of ether oxygens (including phenoxy) is 1. The molecule has 3 nitrogen and oxygen atoms in total. The lowest BCUT2D eigenvalue weighted by molar-refractivity contribution is -0.118. The number of carbonyl (C=O) groups is 1. The molecule has 2 aromatic carbocycles. The van der Waals surface area contributed by atoms with Crippen LogP contribution in [0.2, 0.25) is 0 Å². The van der Waals surface area contributed by atoms with Crippen molar-refractivity contribution in [3.63, 3.8) is 0 Å². The van der Waals surface area contributed by atoms with E-state index in [9.17, 15) is 4.79 Å². The summed E-state index contributed by atoms with van der Waals surface area (Å²) in [7, 11) is 0. The summed E-state index contributed by atoms with van der Waals surface area (Å²) in [6.45, 7) is 8.41. The summed E-state index contributed by atoms with van der Waals surface area (Å²) < 4.78 is 5.57.